The van der Waals surface area contributed by atoms with Crippen molar-refractivity contribution >= 4 is 58.7 Å². The Morgan fingerprint density at radius 1 is 0.766 bits per heavy atom. The molecular formula is C51H63N3O9S. The van der Waals surface area contributed by atoms with Crippen molar-refractivity contribution in [2.45, 2.75) is 134 Å². The van der Waals surface area contributed by atoms with Gasteiger partial charge in [-0.3, -0.25) is 4.79 Å². The predicted molar refractivity (Wildman–Crippen MR) is 251 cm³/mol. The molecule has 1 heterocycles. The minimum absolute atomic E-state index is 0.128. The fourth-order valence-corrected chi connectivity index (χ4v) is 9.38. The van der Waals surface area contributed by atoms with Gasteiger partial charge in [0.25, 0.3) is 0 Å². The van der Waals surface area contributed by atoms with Crippen molar-refractivity contribution in [2.24, 2.45) is 16.9 Å². The Balaban J connectivity index is 1.04. The summed E-state index contributed by atoms with van der Waals surface area (Å²) in [7, 11) is 0. The first-order valence-corrected chi connectivity index (χ1v) is 23.8. The summed E-state index contributed by atoms with van der Waals surface area (Å²) >= 11 is 1.50. The summed E-state index contributed by atoms with van der Waals surface area (Å²) in [4.78, 5) is 57.2. The third kappa shape index (κ3) is 14.0. The SMILES string of the molecule is C=CC(=O)OCCCCCCOc1ccc(C(=O)OC2CCC(C(=O)Oc3ccc(C(=O)OC4CCC(C)CC4)c(/C=N/N(c4nc(C=C)c(C=C)s4)C4CCCCC4)c3)CC2)cc1. The van der Waals surface area contributed by atoms with Gasteiger partial charge in [-0.2, -0.15) is 5.10 Å². The van der Waals surface area contributed by atoms with E-state index in [9.17, 15) is 19.2 Å². The number of anilines is 1. The molecule has 3 aliphatic carbocycles. The first-order chi connectivity index (χ1) is 31.1. The van der Waals surface area contributed by atoms with Crippen LogP contribution in [0.3, 0.4) is 0 Å². The normalized spacial score (nSPS) is 20.1. The number of nitrogens with zero attached hydrogens (tertiary/aromatic N) is 3. The van der Waals surface area contributed by atoms with Crippen molar-refractivity contribution in [3.05, 3.63) is 95.5 Å². The molecule has 3 aliphatic rings. The van der Waals surface area contributed by atoms with E-state index < -0.39 is 17.9 Å². The maximum absolute atomic E-state index is 13.8. The molecule has 0 unspecified atom stereocenters. The molecule has 0 N–H and O–H groups in total. The molecule has 3 saturated carbocycles. The lowest BCUT2D eigenvalue weighted by molar-refractivity contribution is -0.140. The van der Waals surface area contributed by atoms with Crippen LogP contribution >= 0.6 is 11.3 Å². The van der Waals surface area contributed by atoms with Crippen molar-refractivity contribution in [1.82, 2.24) is 4.98 Å². The molecule has 0 atom stereocenters. The monoisotopic (exact) mass is 893 g/mol. The minimum atomic E-state index is -0.428. The number of ether oxygens (including phenoxy) is 5. The van der Waals surface area contributed by atoms with Gasteiger partial charge in [0.05, 0.1) is 53.1 Å². The summed E-state index contributed by atoms with van der Waals surface area (Å²) in [6.07, 6.45) is 20.4. The van der Waals surface area contributed by atoms with E-state index >= 15 is 0 Å². The van der Waals surface area contributed by atoms with Crippen LogP contribution in [0.15, 0.2) is 73.4 Å². The van der Waals surface area contributed by atoms with Crippen LogP contribution in [0, 0.1) is 11.8 Å². The van der Waals surface area contributed by atoms with E-state index in [0.717, 1.165) is 98.8 Å². The number of rotatable bonds is 21. The third-order valence-corrected chi connectivity index (χ3v) is 13.3. The van der Waals surface area contributed by atoms with E-state index in [-0.39, 0.29) is 30.1 Å². The second-order valence-electron chi connectivity index (χ2n) is 17.0. The van der Waals surface area contributed by atoms with Crippen LogP contribution in [-0.4, -0.2) is 66.5 Å². The van der Waals surface area contributed by atoms with Gasteiger partial charge in [-0.1, -0.05) is 57.3 Å². The number of thiazole rings is 1. The molecule has 12 nitrogen and oxygen atoms in total. The Kier molecular flexibility index (Phi) is 18.3. The quantitative estimate of drug-likeness (QED) is 0.0192. The zero-order chi connectivity index (χ0) is 45.3. The van der Waals surface area contributed by atoms with Gasteiger partial charge >= 0.3 is 23.9 Å². The highest BCUT2D eigenvalue weighted by molar-refractivity contribution is 7.16. The number of carbonyl (C=O) groups excluding carboxylic acids is 4. The minimum Gasteiger partial charge on any atom is -0.494 e. The lowest BCUT2D eigenvalue weighted by atomic mass is 9.87. The molecule has 6 rings (SSSR count). The average molecular weight is 894 g/mol. The molecule has 342 valence electrons. The summed E-state index contributed by atoms with van der Waals surface area (Å²) in [6.45, 7) is 14.4. The Morgan fingerprint density at radius 3 is 2.08 bits per heavy atom. The summed E-state index contributed by atoms with van der Waals surface area (Å²) < 4.78 is 28.7. The van der Waals surface area contributed by atoms with Crippen LogP contribution in [0.4, 0.5) is 5.13 Å². The average Bonchev–Trinajstić information content (AvgIpc) is 3.74. The second kappa shape index (κ2) is 24.5. The standard InChI is InChI=1S/C51H63N3O9S/c1-5-45-46(6-2)64-51(53-45)54(39-15-11-10-12-16-39)52-34-38-33-43(29-30-44(38)50(58)62-41-23-17-35(4)18-24-41)63-49(57)37-21-27-42(28-22-37)61-48(56)36-19-25-40(26-20-36)59-31-13-8-9-14-32-60-47(55)7-3/h5-7,19-20,25-26,29-30,33-35,37,39,41-42H,1-3,8-18,21-24,27-28,31-32H2,4H3/b52-34+. The zero-order valence-corrected chi connectivity index (χ0v) is 38.0. The van der Waals surface area contributed by atoms with Crippen LogP contribution in [0.2, 0.25) is 0 Å². The molecule has 3 aromatic rings. The van der Waals surface area contributed by atoms with Crippen LogP contribution in [0.1, 0.15) is 153 Å². The molecule has 0 radical (unpaired) electrons. The Hall–Kier alpha value is -5.56. The number of esters is 4. The Morgan fingerprint density at radius 2 is 1.42 bits per heavy atom. The second-order valence-corrected chi connectivity index (χ2v) is 18.0. The van der Waals surface area contributed by atoms with Crippen molar-refractivity contribution in [3.8, 4) is 11.5 Å². The number of hydrogen-bond acceptors (Lipinski definition) is 13. The van der Waals surface area contributed by atoms with Crippen LogP contribution in [0.25, 0.3) is 12.2 Å². The van der Waals surface area contributed by atoms with E-state index in [2.05, 4.69) is 26.7 Å². The third-order valence-electron chi connectivity index (χ3n) is 12.3. The maximum Gasteiger partial charge on any atom is 0.339 e. The Labute approximate surface area is 381 Å². The molecule has 1 aromatic heterocycles. The molecular weight excluding hydrogens is 831 g/mol. The molecule has 0 saturated heterocycles. The van der Waals surface area contributed by atoms with Crippen molar-refractivity contribution in [2.75, 3.05) is 18.2 Å². The van der Waals surface area contributed by atoms with Gasteiger partial charge in [0, 0.05) is 11.6 Å². The topological polar surface area (TPSA) is 143 Å². The van der Waals surface area contributed by atoms with Gasteiger partial charge in [-0.05, 0) is 150 Å². The van der Waals surface area contributed by atoms with E-state index in [0.29, 0.717) is 73.0 Å². The van der Waals surface area contributed by atoms with Crippen molar-refractivity contribution in [3.63, 3.8) is 0 Å². The maximum atomic E-state index is 13.8. The number of benzene rings is 2. The molecule has 0 bridgehead atoms. The highest BCUT2D eigenvalue weighted by atomic mass is 32.1. The fourth-order valence-electron chi connectivity index (χ4n) is 8.43. The first kappa shape index (κ1) is 47.9. The number of hydrogen-bond donors (Lipinski definition) is 0. The van der Waals surface area contributed by atoms with Gasteiger partial charge in [0.15, 0.2) is 0 Å². The largest absolute Gasteiger partial charge is 0.494 e. The van der Waals surface area contributed by atoms with E-state index in [4.69, 9.17) is 33.8 Å². The van der Waals surface area contributed by atoms with Crippen LogP contribution < -0.4 is 14.5 Å². The van der Waals surface area contributed by atoms with Gasteiger partial charge in [0.1, 0.15) is 23.7 Å². The van der Waals surface area contributed by atoms with Gasteiger partial charge < -0.3 is 23.7 Å². The molecule has 64 heavy (non-hydrogen) atoms. The fraction of sp³-hybridized carbons (Fsp3) is 0.490. The first-order valence-electron chi connectivity index (χ1n) is 23.0. The number of carbonyl (C=O) groups is 4. The lowest BCUT2D eigenvalue weighted by Gasteiger charge is -2.30. The predicted octanol–water partition coefficient (Wildman–Crippen LogP) is 11.3. The highest BCUT2D eigenvalue weighted by Crippen LogP contribution is 2.35. The summed E-state index contributed by atoms with van der Waals surface area (Å²) in [5, 5.41) is 7.67. The molecule has 2 aromatic carbocycles. The molecule has 13 heteroatoms. The zero-order valence-electron chi connectivity index (χ0n) is 37.2. The smallest absolute Gasteiger partial charge is 0.339 e. The summed E-state index contributed by atoms with van der Waals surface area (Å²) in [5.74, 6) is -0.405. The number of unbranched alkanes of at least 4 members (excludes halogenated alkanes) is 3. The van der Waals surface area contributed by atoms with Crippen molar-refractivity contribution < 1.29 is 42.9 Å². The van der Waals surface area contributed by atoms with Gasteiger partial charge in [0.2, 0.25) is 5.13 Å². The van der Waals surface area contributed by atoms with Gasteiger partial charge in [-0.15, -0.1) is 0 Å². The van der Waals surface area contributed by atoms with Crippen LogP contribution in [-0.2, 0) is 23.8 Å². The molecule has 0 aliphatic heterocycles. The lowest BCUT2D eigenvalue weighted by Crippen LogP contribution is -2.32. The van der Waals surface area contributed by atoms with Crippen molar-refractivity contribution in [1.29, 1.82) is 0 Å². The number of aromatic nitrogens is 1. The molecule has 3 fully saturated rings. The van der Waals surface area contributed by atoms with E-state index in [1.807, 2.05) is 5.01 Å². The van der Waals surface area contributed by atoms with Crippen LogP contribution in [0.5, 0.6) is 11.5 Å². The highest BCUT2D eigenvalue weighted by Gasteiger charge is 2.31. The van der Waals surface area contributed by atoms with E-state index in [1.165, 1.54) is 17.8 Å². The van der Waals surface area contributed by atoms with E-state index in [1.54, 1.807) is 60.8 Å². The number of hydrazone groups is 1. The summed E-state index contributed by atoms with van der Waals surface area (Å²) in [6, 6.07) is 12.0. The Bertz CT molecular complexity index is 2070. The van der Waals surface area contributed by atoms with Gasteiger partial charge in [-0.25, -0.2) is 24.4 Å². The summed E-state index contributed by atoms with van der Waals surface area (Å²) in [5.41, 5.74) is 2.01. The molecule has 0 spiro atoms. The molecule has 0 amide bonds.